The summed E-state index contributed by atoms with van der Waals surface area (Å²) in [5, 5.41) is 5.59. The summed E-state index contributed by atoms with van der Waals surface area (Å²) in [6, 6.07) is 9.99. The number of allylic oxidation sites excluding steroid dienone is 1. The summed E-state index contributed by atoms with van der Waals surface area (Å²) in [4.78, 5) is 36.8. The van der Waals surface area contributed by atoms with Gasteiger partial charge in [0.15, 0.2) is 11.5 Å². The van der Waals surface area contributed by atoms with Gasteiger partial charge in [-0.25, -0.2) is 0 Å². The SMILES string of the molecule is COc1cc(NC2=C(NC(C)=O)C(=O)C(=O)c3ccccc32)cc(OC)c1OC. The summed E-state index contributed by atoms with van der Waals surface area (Å²) in [6.07, 6.45) is 0. The highest BCUT2D eigenvalue weighted by Crippen LogP contribution is 2.41. The number of benzene rings is 2. The number of ether oxygens (including phenoxy) is 3. The maximum Gasteiger partial charge on any atom is 0.251 e. The molecule has 29 heavy (non-hydrogen) atoms. The molecule has 0 spiro atoms. The molecule has 0 radical (unpaired) electrons. The van der Waals surface area contributed by atoms with Gasteiger partial charge in [-0.3, -0.25) is 14.4 Å². The van der Waals surface area contributed by atoms with Crippen molar-refractivity contribution in [1.29, 1.82) is 0 Å². The van der Waals surface area contributed by atoms with Crippen LogP contribution in [0.1, 0.15) is 22.8 Å². The minimum Gasteiger partial charge on any atom is -0.493 e. The van der Waals surface area contributed by atoms with E-state index in [9.17, 15) is 14.4 Å². The minimum atomic E-state index is -0.797. The fourth-order valence-electron chi connectivity index (χ4n) is 3.11. The van der Waals surface area contributed by atoms with Gasteiger partial charge in [-0.15, -0.1) is 0 Å². The molecule has 3 rings (SSSR count). The van der Waals surface area contributed by atoms with Crippen LogP contribution in [0.3, 0.4) is 0 Å². The third-order valence-corrected chi connectivity index (χ3v) is 4.36. The first-order valence-electron chi connectivity index (χ1n) is 8.68. The third-order valence-electron chi connectivity index (χ3n) is 4.36. The zero-order chi connectivity index (χ0) is 21.1. The molecule has 0 aromatic heterocycles. The van der Waals surface area contributed by atoms with Gasteiger partial charge >= 0.3 is 0 Å². The van der Waals surface area contributed by atoms with Crippen molar-refractivity contribution in [3.8, 4) is 17.2 Å². The quantitative estimate of drug-likeness (QED) is 0.723. The number of anilines is 1. The number of carbonyl (C=O) groups excluding carboxylic acids is 3. The standard InChI is InChI=1S/C21H20N2O6/c1-11(24)22-18-17(13-7-5-6-8-14(13)19(25)20(18)26)23-12-9-15(27-2)21(29-4)16(10-12)28-3/h5-10,23H,1-4H3,(H,22,24). The Hall–Kier alpha value is -3.81. The molecule has 8 nitrogen and oxygen atoms in total. The maximum atomic E-state index is 12.6. The number of ketones is 2. The first-order chi connectivity index (χ1) is 13.9. The second kappa shape index (κ2) is 8.05. The van der Waals surface area contributed by atoms with Gasteiger partial charge in [0.05, 0.1) is 27.0 Å². The monoisotopic (exact) mass is 396 g/mol. The summed E-state index contributed by atoms with van der Waals surface area (Å²) in [5.41, 5.74) is 1.44. The number of methoxy groups -OCH3 is 3. The first kappa shape index (κ1) is 19.9. The fraction of sp³-hybridized carbons (Fsp3) is 0.190. The van der Waals surface area contributed by atoms with Crippen LogP contribution in [0.15, 0.2) is 42.1 Å². The second-order valence-corrected chi connectivity index (χ2v) is 6.17. The van der Waals surface area contributed by atoms with Gasteiger partial charge in [0.2, 0.25) is 17.4 Å². The summed E-state index contributed by atoms with van der Waals surface area (Å²) < 4.78 is 16.0. The Morgan fingerprint density at radius 1 is 0.828 bits per heavy atom. The Balaban J connectivity index is 2.18. The van der Waals surface area contributed by atoms with Crippen molar-refractivity contribution in [3.05, 3.63) is 53.2 Å². The Kier molecular flexibility index (Phi) is 5.54. The molecule has 1 aliphatic rings. The van der Waals surface area contributed by atoms with E-state index in [1.54, 1.807) is 36.4 Å². The van der Waals surface area contributed by atoms with E-state index in [1.165, 1.54) is 28.3 Å². The van der Waals surface area contributed by atoms with Crippen LogP contribution < -0.4 is 24.8 Å². The molecule has 0 saturated carbocycles. The molecule has 1 aliphatic carbocycles. The summed E-state index contributed by atoms with van der Waals surface area (Å²) in [5.74, 6) is -0.727. The molecule has 8 heteroatoms. The number of amides is 1. The van der Waals surface area contributed by atoms with E-state index in [0.29, 0.717) is 34.2 Å². The van der Waals surface area contributed by atoms with Crippen LogP contribution in [0.25, 0.3) is 5.70 Å². The second-order valence-electron chi connectivity index (χ2n) is 6.17. The predicted octanol–water partition coefficient (Wildman–Crippen LogP) is 2.39. The number of fused-ring (bicyclic) bond motifs is 1. The van der Waals surface area contributed by atoms with E-state index >= 15 is 0 Å². The molecule has 2 aromatic rings. The Bertz CT molecular complexity index is 1020. The van der Waals surface area contributed by atoms with Crippen molar-refractivity contribution < 1.29 is 28.6 Å². The molecule has 0 unspecified atom stereocenters. The molecule has 0 heterocycles. The maximum absolute atomic E-state index is 12.6. The molecule has 0 aliphatic heterocycles. The third kappa shape index (κ3) is 3.64. The van der Waals surface area contributed by atoms with Gasteiger partial charge < -0.3 is 24.8 Å². The lowest BCUT2D eigenvalue weighted by Gasteiger charge is -2.23. The van der Waals surface area contributed by atoms with Crippen LogP contribution in [0.2, 0.25) is 0 Å². The first-order valence-corrected chi connectivity index (χ1v) is 8.68. The van der Waals surface area contributed by atoms with Gasteiger partial charge in [0.1, 0.15) is 5.70 Å². The number of carbonyl (C=O) groups is 3. The van der Waals surface area contributed by atoms with Gasteiger partial charge in [-0.1, -0.05) is 24.3 Å². The average molecular weight is 396 g/mol. The number of nitrogens with one attached hydrogen (secondary N) is 2. The molecular weight excluding hydrogens is 376 g/mol. The molecule has 0 bridgehead atoms. The lowest BCUT2D eigenvalue weighted by molar-refractivity contribution is -0.120. The summed E-state index contributed by atoms with van der Waals surface area (Å²) >= 11 is 0. The van der Waals surface area contributed by atoms with Crippen molar-refractivity contribution in [2.75, 3.05) is 26.6 Å². The van der Waals surface area contributed by atoms with Crippen molar-refractivity contribution >= 4 is 28.9 Å². The van der Waals surface area contributed by atoms with Crippen LogP contribution >= 0.6 is 0 Å². The zero-order valence-electron chi connectivity index (χ0n) is 16.4. The van der Waals surface area contributed by atoms with E-state index < -0.39 is 17.5 Å². The number of Topliss-reactive ketones (excluding diaryl/α,β-unsaturated/α-hetero) is 2. The van der Waals surface area contributed by atoms with E-state index in [-0.39, 0.29) is 11.3 Å². The molecule has 0 atom stereocenters. The van der Waals surface area contributed by atoms with Crippen LogP contribution in [-0.4, -0.2) is 38.8 Å². The van der Waals surface area contributed by atoms with Crippen molar-refractivity contribution in [2.24, 2.45) is 0 Å². The summed E-state index contributed by atoms with van der Waals surface area (Å²) in [6.45, 7) is 1.27. The average Bonchev–Trinajstić information content (AvgIpc) is 2.73. The van der Waals surface area contributed by atoms with Crippen molar-refractivity contribution in [1.82, 2.24) is 5.32 Å². The molecule has 2 aromatic carbocycles. The molecule has 150 valence electrons. The molecular formula is C21H20N2O6. The highest BCUT2D eigenvalue weighted by atomic mass is 16.5. The minimum absolute atomic E-state index is 0.116. The largest absolute Gasteiger partial charge is 0.493 e. The van der Waals surface area contributed by atoms with E-state index in [4.69, 9.17) is 14.2 Å². The lowest BCUT2D eigenvalue weighted by Crippen LogP contribution is -2.35. The van der Waals surface area contributed by atoms with E-state index in [1.807, 2.05) is 0 Å². The smallest absolute Gasteiger partial charge is 0.251 e. The van der Waals surface area contributed by atoms with Crippen LogP contribution in [0.4, 0.5) is 5.69 Å². The van der Waals surface area contributed by atoms with Crippen LogP contribution in [0, 0.1) is 0 Å². The predicted molar refractivity (Wildman–Crippen MR) is 106 cm³/mol. The Morgan fingerprint density at radius 2 is 1.41 bits per heavy atom. The van der Waals surface area contributed by atoms with Gasteiger partial charge in [-0.2, -0.15) is 0 Å². The molecule has 0 saturated heterocycles. The van der Waals surface area contributed by atoms with Crippen molar-refractivity contribution in [3.63, 3.8) is 0 Å². The van der Waals surface area contributed by atoms with Crippen LogP contribution in [-0.2, 0) is 9.59 Å². The molecule has 2 N–H and O–H groups in total. The highest BCUT2D eigenvalue weighted by molar-refractivity contribution is 6.52. The topological polar surface area (TPSA) is 103 Å². The van der Waals surface area contributed by atoms with E-state index in [0.717, 1.165) is 0 Å². The number of rotatable bonds is 6. The molecule has 1 amide bonds. The van der Waals surface area contributed by atoms with Gasteiger partial charge in [0, 0.05) is 35.9 Å². The lowest BCUT2D eigenvalue weighted by atomic mass is 9.90. The number of hydrogen-bond acceptors (Lipinski definition) is 7. The number of hydrogen-bond donors (Lipinski definition) is 2. The van der Waals surface area contributed by atoms with E-state index in [2.05, 4.69) is 10.6 Å². The van der Waals surface area contributed by atoms with Gasteiger partial charge in [-0.05, 0) is 0 Å². The van der Waals surface area contributed by atoms with Crippen molar-refractivity contribution in [2.45, 2.75) is 6.92 Å². The Morgan fingerprint density at radius 3 is 1.93 bits per heavy atom. The fourth-order valence-corrected chi connectivity index (χ4v) is 3.11. The molecule has 0 fully saturated rings. The van der Waals surface area contributed by atoms with Gasteiger partial charge in [0.25, 0.3) is 5.78 Å². The normalized spacial score (nSPS) is 13.0. The zero-order valence-corrected chi connectivity index (χ0v) is 16.4. The summed E-state index contributed by atoms with van der Waals surface area (Å²) in [7, 11) is 4.47. The van der Waals surface area contributed by atoms with Crippen LogP contribution in [0.5, 0.6) is 17.2 Å². The highest BCUT2D eigenvalue weighted by Gasteiger charge is 2.33. The Labute approximate surface area is 167 Å².